The Bertz CT molecular complexity index is 728. The van der Waals surface area contributed by atoms with Crippen molar-refractivity contribution in [2.45, 2.75) is 44.6 Å². The molecule has 0 radical (unpaired) electrons. The van der Waals surface area contributed by atoms with Crippen LogP contribution in [0.5, 0.6) is 5.75 Å². The molecule has 2 rings (SSSR count). The number of anilines is 1. The van der Waals surface area contributed by atoms with Gasteiger partial charge in [-0.15, -0.1) is 0 Å². The normalized spacial score (nSPS) is 19.8. The number of hydrogen-bond acceptors (Lipinski definition) is 7. The van der Waals surface area contributed by atoms with Crippen LogP contribution in [0, 0.1) is 0 Å². The lowest BCUT2D eigenvalue weighted by Crippen LogP contribution is -2.50. The van der Waals surface area contributed by atoms with Crippen LogP contribution in [-0.4, -0.2) is 41.9 Å². The van der Waals surface area contributed by atoms with E-state index >= 15 is 0 Å². The number of benzene rings is 1. The van der Waals surface area contributed by atoms with Crippen LogP contribution in [-0.2, 0) is 14.9 Å². The third-order valence-corrected chi connectivity index (χ3v) is 5.20. The van der Waals surface area contributed by atoms with Gasteiger partial charge in [0.05, 0.1) is 10.1 Å². The molecule has 0 amide bonds. The summed E-state index contributed by atoms with van der Waals surface area (Å²) in [5, 5.41) is 20.4. The summed E-state index contributed by atoms with van der Waals surface area (Å²) in [6.07, 6.45) is 0.724. The van der Waals surface area contributed by atoms with E-state index in [2.05, 4.69) is 0 Å². The third-order valence-electron chi connectivity index (χ3n) is 4.39. The van der Waals surface area contributed by atoms with Crippen molar-refractivity contribution in [2.24, 2.45) is 0 Å². The number of carbonyl (C=O) groups is 1. The van der Waals surface area contributed by atoms with Crippen LogP contribution >= 0.6 is 0 Å². The van der Waals surface area contributed by atoms with Gasteiger partial charge in [0.25, 0.3) is 0 Å². The average Bonchev–Trinajstić information content (AvgIpc) is 2.39. The summed E-state index contributed by atoms with van der Waals surface area (Å²) in [7, 11) is -4.39. The van der Waals surface area contributed by atoms with Crippen molar-refractivity contribution in [1.29, 1.82) is 0 Å². The first kappa shape index (κ1) is 18.5. The Kier molecular flexibility index (Phi) is 5.10. The highest BCUT2D eigenvalue weighted by Gasteiger charge is 2.38. The summed E-state index contributed by atoms with van der Waals surface area (Å²) in [5.41, 5.74) is 0.834. The first-order valence-corrected chi connectivity index (χ1v) is 9.31. The van der Waals surface area contributed by atoms with Gasteiger partial charge >= 0.3 is 0 Å². The molecule has 0 spiro atoms. The Hall–Kier alpha value is -1.80. The molecule has 1 N–H and O–H groups in total. The van der Waals surface area contributed by atoms with Crippen LogP contribution in [0.1, 0.15) is 44.6 Å². The maximum Gasteiger partial charge on any atom is 0.117 e. The molecule has 0 aliphatic carbocycles. The van der Waals surface area contributed by atoms with Crippen LogP contribution in [0.4, 0.5) is 5.69 Å². The molecule has 24 heavy (non-hydrogen) atoms. The van der Waals surface area contributed by atoms with E-state index in [4.69, 9.17) is 0 Å². The zero-order valence-electron chi connectivity index (χ0n) is 13.7. The molecule has 1 aromatic carbocycles. The molecule has 134 valence electrons. The second-order valence-electron chi connectivity index (χ2n) is 6.81. The molecule has 0 fully saturated rings. The van der Waals surface area contributed by atoms with Gasteiger partial charge in [-0.3, -0.25) is 0 Å². The quantitative estimate of drug-likeness (QED) is 0.739. The van der Waals surface area contributed by atoms with Crippen LogP contribution in [0.3, 0.4) is 0 Å². The molecule has 1 atom stereocenters. The van der Waals surface area contributed by atoms with Gasteiger partial charge in [0.1, 0.15) is 5.75 Å². The van der Waals surface area contributed by atoms with Gasteiger partial charge in [0.2, 0.25) is 0 Å². The summed E-state index contributed by atoms with van der Waals surface area (Å²) in [6.45, 7) is 4.24. The molecule has 0 saturated carbocycles. The number of carboxylic acids is 1. The van der Waals surface area contributed by atoms with E-state index < -0.39 is 33.3 Å². The van der Waals surface area contributed by atoms with E-state index in [0.717, 1.165) is 0 Å². The van der Waals surface area contributed by atoms with Gasteiger partial charge in [0, 0.05) is 41.5 Å². The molecule has 1 aromatic rings. The van der Waals surface area contributed by atoms with Gasteiger partial charge in [-0.25, -0.2) is 8.42 Å². The van der Waals surface area contributed by atoms with Gasteiger partial charge in [-0.2, -0.15) is 0 Å². The summed E-state index contributed by atoms with van der Waals surface area (Å²) in [5.74, 6) is -2.06. The largest absolute Gasteiger partial charge is 0.748 e. The number of aliphatic carboxylic acids is 1. The van der Waals surface area contributed by atoms with Gasteiger partial charge in [-0.1, -0.05) is 6.07 Å². The molecule has 1 aliphatic heterocycles. The minimum atomic E-state index is -4.39. The average molecular weight is 355 g/mol. The summed E-state index contributed by atoms with van der Waals surface area (Å²) in [4.78, 5) is 12.6. The van der Waals surface area contributed by atoms with Crippen molar-refractivity contribution in [2.75, 3.05) is 17.2 Å². The zero-order chi connectivity index (χ0) is 18.1. The number of carboxylic acid groups (broad SMARTS) is 1. The van der Waals surface area contributed by atoms with Crippen LogP contribution in [0.15, 0.2) is 18.2 Å². The molecule has 7 nitrogen and oxygen atoms in total. The number of phenolic OH excluding ortho intramolecular Hbond substituents is 1. The lowest BCUT2D eigenvalue weighted by atomic mass is 9.79. The topological polar surface area (TPSA) is 121 Å². The lowest BCUT2D eigenvalue weighted by molar-refractivity contribution is -0.305. The predicted octanol–water partition coefficient (Wildman–Crippen LogP) is 0.540. The summed E-state index contributed by atoms with van der Waals surface area (Å²) < 4.78 is 33.7. The van der Waals surface area contributed by atoms with Crippen molar-refractivity contribution in [3.8, 4) is 5.75 Å². The van der Waals surface area contributed by atoms with Gasteiger partial charge in [-0.05, 0) is 44.7 Å². The van der Waals surface area contributed by atoms with E-state index in [0.29, 0.717) is 30.6 Å². The van der Waals surface area contributed by atoms with Gasteiger partial charge < -0.3 is 24.5 Å². The Balaban J connectivity index is 2.39. The number of fused-ring (bicyclic) bond motifs is 1. The molecule has 1 aliphatic rings. The third kappa shape index (κ3) is 4.39. The number of carbonyl (C=O) groups excluding carboxylic acids is 1. The molecule has 8 heteroatoms. The molecule has 0 aromatic heterocycles. The fourth-order valence-corrected chi connectivity index (χ4v) is 4.25. The molecule has 0 bridgehead atoms. The maximum absolute atomic E-state index is 11.2. The second-order valence-corrected chi connectivity index (χ2v) is 8.26. The van der Waals surface area contributed by atoms with Crippen molar-refractivity contribution in [1.82, 2.24) is 0 Å². The molecule has 1 unspecified atom stereocenters. The molecular formula is C16H21NO6S-2. The monoisotopic (exact) mass is 355 g/mol. The Morgan fingerprint density at radius 3 is 2.67 bits per heavy atom. The van der Waals surface area contributed by atoms with Crippen LogP contribution in [0.25, 0.3) is 0 Å². The fourth-order valence-electron chi connectivity index (χ4n) is 3.46. The number of phenols is 1. The minimum absolute atomic E-state index is 0.0279. The lowest BCUT2D eigenvalue weighted by Gasteiger charge is -2.48. The maximum atomic E-state index is 11.2. The van der Waals surface area contributed by atoms with E-state index in [1.807, 2.05) is 18.7 Å². The van der Waals surface area contributed by atoms with Crippen molar-refractivity contribution in [3.05, 3.63) is 23.8 Å². The minimum Gasteiger partial charge on any atom is -0.748 e. The van der Waals surface area contributed by atoms with Crippen LogP contribution in [0.2, 0.25) is 0 Å². The Morgan fingerprint density at radius 2 is 2.08 bits per heavy atom. The number of rotatable bonds is 6. The number of hydrogen-bond donors (Lipinski definition) is 1. The zero-order valence-corrected chi connectivity index (χ0v) is 14.5. The van der Waals surface area contributed by atoms with Crippen LogP contribution < -0.4 is 10.0 Å². The van der Waals surface area contributed by atoms with E-state index in [-0.39, 0.29) is 12.2 Å². The van der Waals surface area contributed by atoms with Gasteiger partial charge in [0.15, 0.2) is 0 Å². The predicted molar refractivity (Wildman–Crippen MR) is 85.7 cm³/mol. The van der Waals surface area contributed by atoms with E-state index in [1.165, 1.54) is 12.1 Å². The van der Waals surface area contributed by atoms with E-state index in [1.54, 1.807) is 6.07 Å². The highest BCUT2D eigenvalue weighted by molar-refractivity contribution is 7.85. The SMILES string of the molecule is CC1(C)CC(CS(=O)(=O)[O-])c2ccc(O)cc2N1CCCC(=O)[O-]. The van der Waals surface area contributed by atoms with E-state index in [9.17, 15) is 28.0 Å². The van der Waals surface area contributed by atoms with Crippen molar-refractivity contribution < 1.29 is 28.0 Å². The summed E-state index contributed by atoms with van der Waals surface area (Å²) in [6, 6.07) is 4.61. The molecule has 0 saturated heterocycles. The second kappa shape index (κ2) is 6.60. The summed E-state index contributed by atoms with van der Waals surface area (Å²) >= 11 is 0. The standard InChI is InChI=1S/C16H23NO6S/c1-16(2)9-11(10-24(21,22)23)13-6-5-12(18)8-14(13)17(16)7-3-4-15(19)20/h5-6,8,11,18H,3-4,7,9-10H2,1-2H3,(H,19,20)(H,21,22,23)/p-2. The first-order chi connectivity index (χ1) is 11.0. The highest BCUT2D eigenvalue weighted by Crippen LogP contribution is 2.45. The van der Waals surface area contributed by atoms with Crippen molar-refractivity contribution >= 4 is 21.8 Å². The fraction of sp³-hybridized carbons (Fsp3) is 0.562. The Labute approximate surface area is 141 Å². The first-order valence-electron chi connectivity index (χ1n) is 7.73. The smallest absolute Gasteiger partial charge is 0.117 e. The highest BCUT2D eigenvalue weighted by atomic mass is 32.2. The molecular weight excluding hydrogens is 334 g/mol. The Morgan fingerprint density at radius 1 is 1.42 bits per heavy atom. The van der Waals surface area contributed by atoms with Crippen molar-refractivity contribution in [3.63, 3.8) is 0 Å². The number of nitrogens with zero attached hydrogens (tertiary/aromatic N) is 1. The molecule has 1 heterocycles. The number of aromatic hydroxyl groups is 1.